The number of thiazole rings is 1. The highest BCUT2D eigenvalue weighted by molar-refractivity contribution is 7.13. The molecule has 0 amide bonds. The molecule has 0 bridgehead atoms. The molecule has 2 aromatic carbocycles. The van der Waals surface area contributed by atoms with Gasteiger partial charge in [0.1, 0.15) is 10.8 Å². The molecule has 40 heavy (non-hydrogen) atoms. The first-order chi connectivity index (χ1) is 18.8. The van der Waals surface area contributed by atoms with Crippen LogP contribution in [0, 0.1) is 0 Å². The number of benzene rings is 2. The van der Waals surface area contributed by atoms with Crippen LogP contribution in [-0.4, -0.2) is 65.9 Å². The van der Waals surface area contributed by atoms with Crippen molar-refractivity contribution in [3.05, 3.63) is 83.4 Å². The molecule has 1 aliphatic rings. The van der Waals surface area contributed by atoms with Crippen molar-refractivity contribution >= 4 is 25.6 Å². The summed E-state index contributed by atoms with van der Waals surface area (Å²) in [6.45, 7) is 22.7. The quantitative estimate of drug-likeness (QED) is 0.209. The van der Waals surface area contributed by atoms with Gasteiger partial charge in [-0.3, -0.25) is 9.80 Å². The van der Waals surface area contributed by atoms with Crippen LogP contribution >= 0.6 is 11.3 Å². The molecule has 1 fully saturated rings. The number of hydrogen-bond acceptors (Lipinski definition) is 6. The van der Waals surface area contributed by atoms with Gasteiger partial charge in [0.25, 0.3) is 0 Å². The normalized spacial score (nSPS) is 19.8. The SMILES string of the molecule is C=CCN1CC(C)N(C(c2ccc(-c3nc(C(=O)O)cs3)cc2)c2cccc(O[Si](C)(C)C(C)(C)C)c2)CC1C. The zero-order chi connectivity index (χ0) is 29.2. The number of piperazine rings is 1. The van der Waals surface area contributed by atoms with E-state index >= 15 is 0 Å². The van der Waals surface area contributed by atoms with Crippen LogP contribution in [0.15, 0.2) is 66.6 Å². The molecule has 1 saturated heterocycles. The van der Waals surface area contributed by atoms with E-state index in [1.54, 1.807) is 5.38 Å². The van der Waals surface area contributed by atoms with E-state index in [4.69, 9.17) is 4.43 Å². The molecule has 214 valence electrons. The largest absolute Gasteiger partial charge is 0.543 e. The zero-order valence-electron chi connectivity index (χ0n) is 24.8. The molecule has 4 rings (SSSR count). The van der Waals surface area contributed by atoms with Crippen molar-refractivity contribution in [2.45, 2.75) is 70.9 Å². The molecule has 1 aromatic heterocycles. The second kappa shape index (κ2) is 12.0. The summed E-state index contributed by atoms with van der Waals surface area (Å²) >= 11 is 1.36. The lowest BCUT2D eigenvalue weighted by atomic mass is 9.93. The number of carboxylic acid groups (broad SMARTS) is 1. The molecular weight excluding hydrogens is 535 g/mol. The van der Waals surface area contributed by atoms with Gasteiger partial charge in [0.2, 0.25) is 8.32 Å². The van der Waals surface area contributed by atoms with E-state index in [1.165, 1.54) is 22.5 Å². The first-order valence-corrected chi connectivity index (χ1v) is 17.8. The number of aromatic carboxylic acids is 1. The van der Waals surface area contributed by atoms with Gasteiger partial charge in [0, 0.05) is 42.7 Å². The van der Waals surface area contributed by atoms with Crippen molar-refractivity contribution in [2.24, 2.45) is 0 Å². The van der Waals surface area contributed by atoms with Crippen molar-refractivity contribution < 1.29 is 14.3 Å². The molecule has 6 nitrogen and oxygen atoms in total. The fourth-order valence-corrected chi connectivity index (χ4v) is 6.91. The Balaban J connectivity index is 1.72. The first-order valence-electron chi connectivity index (χ1n) is 14.0. The first kappa shape index (κ1) is 30.2. The van der Waals surface area contributed by atoms with Gasteiger partial charge in [-0.15, -0.1) is 17.9 Å². The lowest BCUT2D eigenvalue weighted by molar-refractivity contribution is 0.0306. The Labute approximate surface area is 244 Å². The van der Waals surface area contributed by atoms with Gasteiger partial charge >= 0.3 is 5.97 Å². The number of hydrogen-bond donors (Lipinski definition) is 1. The van der Waals surface area contributed by atoms with Crippen LogP contribution in [0.2, 0.25) is 18.1 Å². The zero-order valence-corrected chi connectivity index (χ0v) is 26.7. The maximum atomic E-state index is 11.3. The Morgan fingerprint density at radius 2 is 1.85 bits per heavy atom. The van der Waals surface area contributed by atoms with Crippen LogP contribution in [0.5, 0.6) is 5.75 Å². The standard InChI is InChI=1S/C32H43N3O3SSi/c1-9-17-34-19-23(3)35(20-22(34)2)29(26-11-10-12-27(18-26)38-40(7,8)32(4,5)6)24-13-15-25(16-14-24)30-33-28(21-39-30)31(36)37/h9-16,18,21-23,29H,1,17,19-20H2,2-8H3,(H,36,37). The molecule has 3 aromatic rings. The minimum Gasteiger partial charge on any atom is -0.543 e. The Hall–Kier alpha value is -2.78. The molecular formula is C32H43N3O3SSi. The van der Waals surface area contributed by atoms with E-state index in [-0.39, 0.29) is 16.8 Å². The molecule has 3 atom stereocenters. The van der Waals surface area contributed by atoms with E-state index in [1.807, 2.05) is 6.08 Å². The number of nitrogens with zero attached hydrogens (tertiary/aromatic N) is 3. The third-order valence-corrected chi connectivity index (χ3v) is 13.7. The Morgan fingerprint density at radius 3 is 2.45 bits per heavy atom. The highest BCUT2D eigenvalue weighted by atomic mass is 32.1. The lowest BCUT2D eigenvalue weighted by Crippen LogP contribution is -2.57. The average Bonchev–Trinajstić information content (AvgIpc) is 3.38. The summed E-state index contributed by atoms with van der Waals surface area (Å²) in [7, 11) is -1.99. The molecule has 1 N–H and O–H groups in total. The maximum absolute atomic E-state index is 11.3. The number of rotatable bonds is 9. The van der Waals surface area contributed by atoms with Crippen LogP contribution in [0.1, 0.15) is 62.3 Å². The van der Waals surface area contributed by atoms with E-state index in [2.05, 4.69) is 118 Å². The summed E-state index contributed by atoms with van der Waals surface area (Å²) in [6, 6.07) is 17.9. The fourth-order valence-electron chi connectivity index (χ4n) is 5.09. The summed E-state index contributed by atoms with van der Waals surface area (Å²) < 4.78 is 6.72. The van der Waals surface area contributed by atoms with Crippen molar-refractivity contribution in [1.82, 2.24) is 14.8 Å². The third kappa shape index (κ3) is 6.57. The second-order valence-corrected chi connectivity index (χ2v) is 18.0. The van der Waals surface area contributed by atoms with E-state index in [0.29, 0.717) is 17.1 Å². The Kier molecular flexibility index (Phi) is 9.04. The second-order valence-electron chi connectivity index (χ2n) is 12.4. The van der Waals surface area contributed by atoms with E-state index in [9.17, 15) is 9.90 Å². The van der Waals surface area contributed by atoms with Gasteiger partial charge in [-0.05, 0) is 55.2 Å². The molecule has 3 unspecified atom stereocenters. The summed E-state index contributed by atoms with van der Waals surface area (Å²) in [5.74, 6) is -0.0709. The average molecular weight is 578 g/mol. The van der Waals surface area contributed by atoms with Gasteiger partial charge in [-0.25, -0.2) is 9.78 Å². The summed E-state index contributed by atoms with van der Waals surface area (Å²) in [6.07, 6.45) is 1.99. The molecule has 0 spiro atoms. The van der Waals surface area contributed by atoms with E-state index in [0.717, 1.165) is 30.9 Å². The van der Waals surface area contributed by atoms with Crippen LogP contribution < -0.4 is 4.43 Å². The fraction of sp³-hybridized carbons (Fsp3) is 0.438. The van der Waals surface area contributed by atoms with Crippen LogP contribution in [0.4, 0.5) is 0 Å². The number of aromatic nitrogens is 1. The predicted molar refractivity (Wildman–Crippen MR) is 168 cm³/mol. The predicted octanol–water partition coefficient (Wildman–Crippen LogP) is 7.56. The number of carboxylic acids is 1. The summed E-state index contributed by atoms with van der Waals surface area (Å²) in [5, 5.41) is 11.7. The van der Waals surface area contributed by atoms with Gasteiger partial charge in [0.05, 0.1) is 6.04 Å². The number of carbonyl (C=O) groups is 1. The smallest absolute Gasteiger partial charge is 0.355 e. The van der Waals surface area contributed by atoms with Gasteiger partial charge in [0.15, 0.2) is 5.69 Å². The molecule has 2 heterocycles. The molecule has 8 heteroatoms. The van der Waals surface area contributed by atoms with Crippen molar-refractivity contribution in [1.29, 1.82) is 0 Å². The Morgan fingerprint density at radius 1 is 1.15 bits per heavy atom. The van der Waals surface area contributed by atoms with Crippen molar-refractivity contribution in [3.8, 4) is 16.3 Å². The minimum atomic E-state index is -1.99. The van der Waals surface area contributed by atoms with Gasteiger partial charge in [-0.2, -0.15) is 0 Å². The minimum absolute atomic E-state index is 0.0474. The van der Waals surface area contributed by atoms with Crippen molar-refractivity contribution in [2.75, 3.05) is 19.6 Å². The van der Waals surface area contributed by atoms with Crippen LogP contribution in [0.25, 0.3) is 10.6 Å². The maximum Gasteiger partial charge on any atom is 0.355 e. The van der Waals surface area contributed by atoms with Crippen molar-refractivity contribution in [3.63, 3.8) is 0 Å². The van der Waals surface area contributed by atoms with Gasteiger partial charge in [-0.1, -0.05) is 63.2 Å². The monoisotopic (exact) mass is 577 g/mol. The van der Waals surface area contributed by atoms with E-state index < -0.39 is 14.3 Å². The highest BCUT2D eigenvalue weighted by Crippen LogP contribution is 2.40. The highest BCUT2D eigenvalue weighted by Gasteiger charge is 2.39. The lowest BCUT2D eigenvalue weighted by Gasteiger charge is -2.47. The summed E-state index contributed by atoms with van der Waals surface area (Å²) in [5.41, 5.74) is 3.41. The topological polar surface area (TPSA) is 65.9 Å². The Bertz CT molecular complexity index is 1330. The molecule has 0 radical (unpaired) electrons. The van der Waals surface area contributed by atoms with Crippen LogP contribution in [-0.2, 0) is 0 Å². The molecule has 0 aliphatic carbocycles. The summed E-state index contributed by atoms with van der Waals surface area (Å²) in [4.78, 5) is 20.7. The van der Waals surface area contributed by atoms with Gasteiger partial charge < -0.3 is 9.53 Å². The molecule has 0 saturated carbocycles. The molecule has 1 aliphatic heterocycles. The third-order valence-electron chi connectivity index (χ3n) is 8.41. The van der Waals surface area contributed by atoms with Crippen LogP contribution in [0.3, 0.4) is 0 Å².